The molecule has 2 saturated heterocycles. The first-order chi connectivity index (χ1) is 14.3. The molecule has 0 radical (unpaired) electrons. The van der Waals surface area contributed by atoms with Crippen molar-refractivity contribution in [1.29, 1.82) is 5.26 Å². The summed E-state index contributed by atoms with van der Waals surface area (Å²) in [6.45, 7) is 1.12. The second-order valence-corrected chi connectivity index (χ2v) is 11.0. The number of rotatable bonds is 6. The van der Waals surface area contributed by atoms with Crippen LogP contribution in [-0.2, 0) is 21.2 Å². The molecule has 2 bridgehead atoms. The fourth-order valence-corrected chi connectivity index (χ4v) is 6.10. The van der Waals surface area contributed by atoms with Crippen molar-refractivity contribution in [2.45, 2.75) is 62.6 Å². The summed E-state index contributed by atoms with van der Waals surface area (Å²) in [4.78, 5) is 12.6. The van der Waals surface area contributed by atoms with Crippen molar-refractivity contribution < 1.29 is 13.2 Å². The van der Waals surface area contributed by atoms with Gasteiger partial charge in [0.25, 0.3) is 0 Å². The minimum absolute atomic E-state index is 0.0528. The number of piperidine rings is 2. The van der Waals surface area contributed by atoms with Gasteiger partial charge in [0.05, 0.1) is 18.4 Å². The fourth-order valence-electron chi connectivity index (χ4n) is 5.22. The molecule has 2 heterocycles. The lowest BCUT2D eigenvalue weighted by Crippen LogP contribution is -2.50. The average Bonchev–Trinajstić information content (AvgIpc) is 3.37. The van der Waals surface area contributed by atoms with Gasteiger partial charge in [-0.2, -0.15) is 5.26 Å². The Labute approximate surface area is 178 Å². The van der Waals surface area contributed by atoms with Gasteiger partial charge in [0.15, 0.2) is 0 Å². The first-order valence-corrected chi connectivity index (χ1v) is 12.7. The van der Waals surface area contributed by atoms with Gasteiger partial charge in [-0.05, 0) is 55.1 Å². The lowest BCUT2D eigenvalue weighted by atomic mass is 9.89. The van der Waals surface area contributed by atoms with E-state index in [9.17, 15) is 18.5 Å². The summed E-state index contributed by atoms with van der Waals surface area (Å²) in [6, 6.07) is 10.2. The average molecular weight is 431 g/mol. The molecule has 3 aliphatic rings. The van der Waals surface area contributed by atoms with Gasteiger partial charge in [0.2, 0.25) is 15.9 Å². The van der Waals surface area contributed by atoms with E-state index >= 15 is 0 Å². The van der Waals surface area contributed by atoms with Crippen molar-refractivity contribution in [1.82, 2.24) is 14.9 Å². The van der Waals surface area contributed by atoms with Gasteiger partial charge in [-0.1, -0.05) is 24.3 Å². The Hall–Kier alpha value is -1.95. The lowest BCUT2D eigenvalue weighted by Gasteiger charge is -2.30. The van der Waals surface area contributed by atoms with Gasteiger partial charge in [-0.15, -0.1) is 0 Å². The summed E-state index contributed by atoms with van der Waals surface area (Å²) >= 11 is 0. The van der Waals surface area contributed by atoms with E-state index in [0.29, 0.717) is 37.4 Å². The smallest absolute Gasteiger partial charge is 0.238 e. The van der Waals surface area contributed by atoms with Gasteiger partial charge in [-0.3, -0.25) is 4.79 Å². The topological polar surface area (TPSA) is 102 Å². The normalized spacial score (nSPS) is 28.2. The van der Waals surface area contributed by atoms with E-state index in [0.717, 1.165) is 37.7 Å². The first-order valence-electron chi connectivity index (χ1n) is 10.8. The summed E-state index contributed by atoms with van der Waals surface area (Å²) in [5.41, 5.74) is 2.22. The summed E-state index contributed by atoms with van der Waals surface area (Å²) in [5, 5.41) is 15.8. The predicted octanol–water partition coefficient (Wildman–Crippen LogP) is 1.52. The highest BCUT2D eigenvalue weighted by Crippen LogP contribution is 2.35. The number of nitrogens with zero attached hydrogens (tertiary/aromatic N) is 2. The Kier molecular flexibility index (Phi) is 6.14. The van der Waals surface area contributed by atoms with Gasteiger partial charge in [0.1, 0.15) is 6.04 Å². The van der Waals surface area contributed by atoms with Crippen LogP contribution < -0.4 is 10.6 Å². The van der Waals surface area contributed by atoms with Crippen LogP contribution in [0, 0.1) is 17.2 Å². The van der Waals surface area contributed by atoms with Crippen molar-refractivity contribution in [3.8, 4) is 6.07 Å². The van der Waals surface area contributed by atoms with Crippen LogP contribution >= 0.6 is 0 Å². The van der Waals surface area contributed by atoms with E-state index in [1.807, 2.05) is 12.1 Å². The minimum atomic E-state index is -3.11. The summed E-state index contributed by atoms with van der Waals surface area (Å²) in [5.74, 6) is 0.707. The largest absolute Gasteiger partial charge is 0.339 e. The van der Waals surface area contributed by atoms with Crippen LogP contribution in [-0.4, -0.2) is 56.1 Å². The van der Waals surface area contributed by atoms with Crippen molar-refractivity contribution in [2.75, 3.05) is 19.3 Å². The molecule has 4 rings (SSSR count). The monoisotopic (exact) mass is 430 g/mol. The number of nitriles is 1. The zero-order chi connectivity index (χ0) is 21.3. The first kappa shape index (κ1) is 21.3. The Morgan fingerprint density at radius 3 is 2.47 bits per heavy atom. The number of carbonyl (C=O) groups excluding carboxylic acids is 1. The van der Waals surface area contributed by atoms with Gasteiger partial charge >= 0.3 is 0 Å². The maximum atomic E-state index is 12.6. The molecule has 8 heteroatoms. The number of fused-ring (bicyclic) bond motifs is 2. The predicted molar refractivity (Wildman–Crippen MR) is 114 cm³/mol. The van der Waals surface area contributed by atoms with E-state index in [1.54, 1.807) is 4.31 Å². The standard InChI is InChI=1S/C22H30N4O3S/c1-30(28,29)26-10-8-17(9-11-26)16-4-2-15(3-5-16)12-20(14-23)25-22(27)21-18-6-7-19(13-18)24-21/h2-5,17-21,24H,6-13H2,1H3,(H,25,27)/t18-,19+,20-,21-/m0/s1. The second kappa shape index (κ2) is 8.66. The Bertz CT molecular complexity index is 917. The van der Waals surface area contributed by atoms with Crippen LogP contribution in [0.4, 0.5) is 0 Å². The number of hydrogen-bond donors (Lipinski definition) is 2. The summed E-state index contributed by atoms with van der Waals surface area (Å²) in [6.07, 6.45) is 6.70. The third-order valence-corrected chi connectivity index (χ3v) is 8.23. The number of nitrogens with one attached hydrogen (secondary N) is 2. The third-order valence-electron chi connectivity index (χ3n) is 6.93. The van der Waals surface area contributed by atoms with Crippen LogP contribution in [0.15, 0.2) is 24.3 Å². The molecule has 0 unspecified atom stereocenters. The Morgan fingerprint density at radius 2 is 1.93 bits per heavy atom. The van der Waals surface area contributed by atoms with E-state index in [2.05, 4.69) is 28.8 Å². The van der Waals surface area contributed by atoms with Crippen LogP contribution in [0.1, 0.15) is 49.1 Å². The molecule has 4 atom stereocenters. The van der Waals surface area contributed by atoms with Gasteiger partial charge in [-0.25, -0.2) is 12.7 Å². The van der Waals surface area contributed by atoms with E-state index in [-0.39, 0.29) is 11.9 Å². The zero-order valence-electron chi connectivity index (χ0n) is 17.4. The number of amides is 1. The molecule has 1 aromatic rings. The molecule has 1 aliphatic carbocycles. The molecule has 162 valence electrons. The van der Waals surface area contributed by atoms with Crippen molar-refractivity contribution in [3.63, 3.8) is 0 Å². The number of benzene rings is 1. The number of hydrogen-bond acceptors (Lipinski definition) is 5. The van der Waals surface area contributed by atoms with E-state index in [4.69, 9.17) is 0 Å². The fraction of sp³-hybridized carbons (Fsp3) is 0.636. The van der Waals surface area contributed by atoms with Crippen LogP contribution in [0.25, 0.3) is 0 Å². The molecular weight excluding hydrogens is 400 g/mol. The molecule has 2 aliphatic heterocycles. The van der Waals surface area contributed by atoms with Crippen LogP contribution in [0.5, 0.6) is 0 Å². The third kappa shape index (κ3) is 4.69. The SMILES string of the molecule is CS(=O)(=O)N1CCC(c2ccc(C[C@@H](C#N)NC(=O)[C@H]3N[C@@H]4CC[C@H]3C4)cc2)CC1. The quantitative estimate of drug-likeness (QED) is 0.712. The molecule has 30 heavy (non-hydrogen) atoms. The highest BCUT2D eigenvalue weighted by molar-refractivity contribution is 7.88. The van der Waals surface area contributed by atoms with Crippen molar-refractivity contribution in [3.05, 3.63) is 35.4 Å². The molecule has 1 amide bonds. The summed E-state index contributed by atoms with van der Waals surface area (Å²) in [7, 11) is -3.11. The Morgan fingerprint density at radius 1 is 1.23 bits per heavy atom. The Balaban J connectivity index is 1.30. The molecule has 0 aromatic heterocycles. The molecule has 1 saturated carbocycles. The molecule has 7 nitrogen and oxygen atoms in total. The van der Waals surface area contributed by atoms with E-state index in [1.165, 1.54) is 11.8 Å². The van der Waals surface area contributed by atoms with Crippen LogP contribution in [0.3, 0.4) is 0 Å². The molecule has 1 aromatic carbocycles. The zero-order valence-corrected chi connectivity index (χ0v) is 18.2. The van der Waals surface area contributed by atoms with Gasteiger partial charge in [0, 0.05) is 25.6 Å². The van der Waals surface area contributed by atoms with Crippen LogP contribution in [0.2, 0.25) is 0 Å². The van der Waals surface area contributed by atoms with Gasteiger partial charge < -0.3 is 10.6 Å². The summed E-state index contributed by atoms with van der Waals surface area (Å²) < 4.78 is 24.9. The lowest BCUT2D eigenvalue weighted by molar-refractivity contribution is -0.124. The maximum absolute atomic E-state index is 12.6. The highest BCUT2D eigenvalue weighted by atomic mass is 32.2. The molecule has 2 N–H and O–H groups in total. The van der Waals surface area contributed by atoms with Crippen molar-refractivity contribution >= 4 is 15.9 Å². The minimum Gasteiger partial charge on any atom is -0.339 e. The van der Waals surface area contributed by atoms with E-state index < -0.39 is 16.1 Å². The molecular formula is C22H30N4O3S. The van der Waals surface area contributed by atoms with Crippen molar-refractivity contribution in [2.24, 2.45) is 5.92 Å². The highest BCUT2D eigenvalue weighted by Gasteiger charge is 2.43. The second-order valence-electron chi connectivity index (χ2n) is 8.99. The maximum Gasteiger partial charge on any atom is 0.238 e. The molecule has 3 fully saturated rings. The number of carbonyl (C=O) groups is 1. The molecule has 0 spiro atoms. The number of sulfonamides is 1.